The number of alkyl halides is 3. The number of hydrogen-bond donors (Lipinski definition) is 2. The zero-order chi connectivity index (χ0) is 14.8. The lowest BCUT2D eigenvalue weighted by molar-refractivity contribution is -0.141. The van der Waals surface area contributed by atoms with E-state index in [1.807, 2.05) is 12.1 Å². The topological polar surface area (TPSA) is 49.8 Å². The second kappa shape index (κ2) is 5.96. The monoisotopic (exact) mass is 366 g/mol. The molecule has 2 aromatic heterocycles. The van der Waals surface area contributed by atoms with E-state index in [0.717, 1.165) is 14.7 Å². The van der Waals surface area contributed by atoms with Crippen molar-refractivity contribution in [1.29, 1.82) is 0 Å². The van der Waals surface area contributed by atoms with Gasteiger partial charge in [-0.25, -0.2) is 4.98 Å². The fourth-order valence-corrected chi connectivity index (χ4v) is 2.84. The number of thiophene rings is 1. The number of aromatic nitrogens is 2. The van der Waals surface area contributed by atoms with Gasteiger partial charge < -0.3 is 10.6 Å². The molecule has 2 N–H and O–H groups in total. The standard InChI is InChI=1S/C11H10BrF3N4S/c1-16-10-18-7(11(13,14)15)4-9(19-10)17-5-6-2-3-8(12)20-6/h2-4H,5H2,1H3,(H2,16,17,18,19). The van der Waals surface area contributed by atoms with Crippen LogP contribution in [0.15, 0.2) is 22.0 Å². The first-order valence-electron chi connectivity index (χ1n) is 5.50. The van der Waals surface area contributed by atoms with Crippen LogP contribution in [0.5, 0.6) is 0 Å². The first-order valence-corrected chi connectivity index (χ1v) is 7.11. The molecule has 2 rings (SSSR count). The fraction of sp³-hybridized carbons (Fsp3) is 0.273. The maximum Gasteiger partial charge on any atom is 0.433 e. The van der Waals surface area contributed by atoms with Crippen molar-refractivity contribution in [2.24, 2.45) is 0 Å². The largest absolute Gasteiger partial charge is 0.433 e. The molecule has 0 atom stereocenters. The van der Waals surface area contributed by atoms with Crippen molar-refractivity contribution in [2.45, 2.75) is 12.7 Å². The zero-order valence-corrected chi connectivity index (χ0v) is 12.7. The summed E-state index contributed by atoms with van der Waals surface area (Å²) in [5.74, 6) is 0.0517. The number of nitrogens with one attached hydrogen (secondary N) is 2. The Labute approximate surface area is 125 Å². The van der Waals surface area contributed by atoms with Gasteiger partial charge in [0, 0.05) is 18.0 Å². The van der Waals surface area contributed by atoms with Crippen molar-refractivity contribution < 1.29 is 13.2 Å². The second-order valence-corrected chi connectivity index (χ2v) is 6.32. The van der Waals surface area contributed by atoms with Gasteiger partial charge in [0.1, 0.15) is 5.82 Å². The lowest BCUT2D eigenvalue weighted by atomic mass is 10.3. The molecule has 0 saturated heterocycles. The van der Waals surface area contributed by atoms with Gasteiger partial charge in [0.15, 0.2) is 5.69 Å². The normalized spacial score (nSPS) is 11.4. The van der Waals surface area contributed by atoms with Crippen LogP contribution in [0.2, 0.25) is 0 Å². The third-order valence-electron chi connectivity index (χ3n) is 2.31. The number of nitrogens with zero attached hydrogens (tertiary/aromatic N) is 2. The predicted octanol–water partition coefficient (Wildman–Crippen LogP) is 3.97. The Morgan fingerprint density at radius 3 is 2.60 bits per heavy atom. The third kappa shape index (κ3) is 3.83. The summed E-state index contributed by atoms with van der Waals surface area (Å²) in [5.41, 5.74) is -0.980. The maximum atomic E-state index is 12.7. The van der Waals surface area contributed by atoms with Gasteiger partial charge in [-0.3, -0.25) is 0 Å². The van der Waals surface area contributed by atoms with E-state index in [4.69, 9.17) is 0 Å². The van der Waals surface area contributed by atoms with Crippen LogP contribution >= 0.6 is 27.3 Å². The Morgan fingerprint density at radius 2 is 2.05 bits per heavy atom. The Kier molecular flexibility index (Phi) is 4.48. The van der Waals surface area contributed by atoms with Gasteiger partial charge in [-0.15, -0.1) is 11.3 Å². The molecular formula is C11H10BrF3N4S. The molecule has 0 aliphatic rings. The van der Waals surface area contributed by atoms with Crippen molar-refractivity contribution in [2.75, 3.05) is 17.7 Å². The molecule has 108 valence electrons. The summed E-state index contributed by atoms with van der Waals surface area (Å²) in [6.45, 7) is 0.397. The first kappa shape index (κ1) is 15.0. The Balaban J connectivity index is 2.18. The quantitative estimate of drug-likeness (QED) is 0.859. The molecule has 2 heterocycles. The lowest BCUT2D eigenvalue weighted by Gasteiger charge is -2.11. The van der Waals surface area contributed by atoms with Gasteiger partial charge in [-0.05, 0) is 28.1 Å². The SMILES string of the molecule is CNc1nc(NCc2ccc(Br)s2)cc(C(F)(F)F)n1. The summed E-state index contributed by atoms with van der Waals surface area (Å²) in [7, 11) is 1.47. The van der Waals surface area contributed by atoms with Crippen molar-refractivity contribution in [3.05, 3.63) is 32.6 Å². The summed E-state index contributed by atoms with van der Waals surface area (Å²) >= 11 is 4.82. The molecular weight excluding hydrogens is 357 g/mol. The van der Waals surface area contributed by atoms with Crippen molar-refractivity contribution in [1.82, 2.24) is 9.97 Å². The van der Waals surface area contributed by atoms with E-state index in [1.54, 1.807) is 0 Å². The lowest BCUT2D eigenvalue weighted by Crippen LogP contribution is -2.12. The van der Waals surface area contributed by atoms with E-state index >= 15 is 0 Å². The summed E-state index contributed by atoms with van der Waals surface area (Å²) in [5, 5.41) is 5.37. The molecule has 0 fully saturated rings. The van der Waals surface area contributed by atoms with E-state index in [0.29, 0.717) is 6.54 Å². The van der Waals surface area contributed by atoms with Crippen molar-refractivity contribution >= 4 is 39.0 Å². The highest BCUT2D eigenvalue weighted by molar-refractivity contribution is 9.11. The highest BCUT2D eigenvalue weighted by atomic mass is 79.9. The Bertz CT molecular complexity index is 600. The number of anilines is 2. The van der Waals surface area contributed by atoms with Gasteiger partial charge in [0.05, 0.1) is 10.3 Å². The fourth-order valence-electron chi connectivity index (χ4n) is 1.42. The summed E-state index contributed by atoms with van der Waals surface area (Å²) in [6.07, 6.45) is -4.50. The summed E-state index contributed by atoms with van der Waals surface area (Å²) < 4.78 is 39.1. The van der Waals surface area contributed by atoms with E-state index in [1.165, 1.54) is 18.4 Å². The van der Waals surface area contributed by atoms with Gasteiger partial charge in [-0.2, -0.15) is 18.2 Å². The van der Waals surface area contributed by atoms with E-state index in [-0.39, 0.29) is 11.8 Å². The van der Waals surface area contributed by atoms with Crippen LogP contribution in [0.25, 0.3) is 0 Å². The molecule has 0 bridgehead atoms. The highest BCUT2D eigenvalue weighted by Gasteiger charge is 2.33. The number of rotatable bonds is 4. The van der Waals surface area contributed by atoms with Crippen LogP contribution in [-0.2, 0) is 12.7 Å². The van der Waals surface area contributed by atoms with E-state index < -0.39 is 11.9 Å². The minimum atomic E-state index is -4.50. The van der Waals surface area contributed by atoms with Gasteiger partial charge in [0.25, 0.3) is 0 Å². The predicted molar refractivity (Wildman–Crippen MR) is 75.9 cm³/mol. The third-order valence-corrected chi connectivity index (χ3v) is 3.94. The average Bonchev–Trinajstić information content (AvgIpc) is 2.81. The van der Waals surface area contributed by atoms with Crippen LogP contribution in [0.3, 0.4) is 0 Å². The van der Waals surface area contributed by atoms with E-state index in [9.17, 15) is 13.2 Å². The molecule has 0 radical (unpaired) electrons. The average molecular weight is 367 g/mol. The molecule has 20 heavy (non-hydrogen) atoms. The summed E-state index contributed by atoms with van der Waals surface area (Å²) in [6, 6.07) is 4.65. The summed E-state index contributed by atoms with van der Waals surface area (Å²) in [4.78, 5) is 8.32. The van der Waals surface area contributed by atoms with Gasteiger partial charge >= 0.3 is 6.18 Å². The Hall–Kier alpha value is -1.35. The van der Waals surface area contributed by atoms with Crippen LogP contribution in [0, 0.1) is 0 Å². The second-order valence-electron chi connectivity index (χ2n) is 3.77. The van der Waals surface area contributed by atoms with Crippen LogP contribution in [-0.4, -0.2) is 17.0 Å². The minimum absolute atomic E-state index is 0.0744. The number of hydrogen-bond acceptors (Lipinski definition) is 5. The molecule has 0 amide bonds. The first-order chi connectivity index (χ1) is 9.38. The van der Waals surface area contributed by atoms with Gasteiger partial charge in [-0.1, -0.05) is 0 Å². The van der Waals surface area contributed by atoms with Crippen LogP contribution < -0.4 is 10.6 Å². The maximum absolute atomic E-state index is 12.7. The molecule has 4 nitrogen and oxygen atoms in total. The Morgan fingerprint density at radius 1 is 1.30 bits per heavy atom. The highest BCUT2D eigenvalue weighted by Crippen LogP contribution is 2.30. The molecule has 0 aromatic carbocycles. The minimum Gasteiger partial charge on any atom is -0.365 e. The molecule has 0 spiro atoms. The smallest absolute Gasteiger partial charge is 0.365 e. The van der Waals surface area contributed by atoms with Crippen molar-refractivity contribution in [3.63, 3.8) is 0 Å². The van der Waals surface area contributed by atoms with Crippen LogP contribution in [0.4, 0.5) is 24.9 Å². The van der Waals surface area contributed by atoms with E-state index in [2.05, 4.69) is 36.5 Å². The zero-order valence-electron chi connectivity index (χ0n) is 10.3. The van der Waals surface area contributed by atoms with Crippen LogP contribution in [0.1, 0.15) is 10.6 Å². The molecule has 0 aliphatic heterocycles. The molecule has 0 unspecified atom stereocenters. The molecule has 2 aromatic rings. The molecule has 0 aliphatic carbocycles. The molecule has 0 saturated carbocycles. The van der Waals surface area contributed by atoms with Gasteiger partial charge in [0.2, 0.25) is 5.95 Å². The number of halogens is 4. The van der Waals surface area contributed by atoms with Crippen molar-refractivity contribution in [3.8, 4) is 0 Å². The molecule has 9 heteroatoms.